The first kappa shape index (κ1) is 15.4. The Hall–Kier alpha value is -2.51. The molecule has 0 aliphatic heterocycles. The third-order valence-corrected chi connectivity index (χ3v) is 4.18. The van der Waals surface area contributed by atoms with Crippen molar-refractivity contribution in [2.75, 3.05) is 5.75 Å². The lowest BCUT2D eigenvalue weighted by Crippen LogP contribution is -2.03. The van der Waals surface area contributed by atoms with Gasteiger partial charge >= 0.3 is 0 Å². The number of para-hydroxylation sites is 1. The molecule has 3 aromatic rings. The maximum Gasteiger partial charge on any atom is 0.196 e. The van der Waals surface area contributed by atoms with Crippen LogP contribution in [0, 0.1) is 11.8 Å². The van der Waals surface area contributed by atoms with Crippen molar-refractivity contribution < 1.29 is 0 Å². The quantitative estimate of drug-likeness (QED) is 0.526. The van der Waals surface area contributed by atoms with E-state index in [1.54, 1.807) is 11.8 Å². The number of aromatic nitrogens is 3. The predicted molar refractivity (Wildman–Crippen MR) is 94.8 cm³/mol. The Kier molecular flexibility index (Phi) is 5.13. The third-order valence-electron chi connectivity index (χ3n) is 3.37. The second-order valence-corrected chi connectivity index (χ2v) is 5.89. The van der Waals surface area contributed by atoms with Crippen LogP contribution in [-0.4, -0.2) is 20.5 Å². The number of hydrogen-bond donors (Lipinski definition) is 0. The zero-order chi connectivity index (χ0) is 15.9. The van der Waals surface area contributed by atoms with E-state index in [4.69, 9.17) is 0 Å². The van der Waals surface area contributed by atoms with Gasteiger partial charge < -0.3 is 0 Å². The smallest absolute Gasteiger partial charge is 0.196 e. The Balaban J connectivity index is 1.96. The molecule has 0 bridgehead atoms. The maximum atomic E-state index is 4.41. The molecular weight excluding hydrogens is 302 g/mol. The Morgan fingerprint density at radius 2 is 1.65 bits per heavy atom. The SMILES string of the molecule is CC#CCSc1nnc(Cc2ccccc2)n1-c1ccccc1. The highest BCUT2D eigenvalue weighted by atomic mass is 32.2. The molecular formula is C19H17N3S. The summed E-state index contributed by atoms with van der Waals surface area (Å²) in [5.41, 5.74) is 2.30. The molecule has 0 saturated carbocycles. The second-order valence-electron chi connectivity index (χ2n) is 4.95. The van der Waals surface area contributed by atoms with Crippen LogP contribution in [0.4, 0.5) is 0 Å². The topological polar surface area (TPSA) is 30.7 Å². The molecule has 0 radical (unpaired) electrons. The van der Waals surface area contributed by atoms with Gasteiger partial charge in [-0.2, -0.15) is 0 Å². The van der Waals surface area contributed by atoms with Crippen LogP contribution in [0.3, 0.4) is 0 Å². The van der Waals surface area contributed by atoms with Crippen LogP contribution in [0.25, 0.3) is 5.69 Å². The Morgan fingerprint density at radius 1 is 0.957 bits per heavy atom. The van der Waals surface area contributed by atoms with E-state index < -0.39 is 0 Å². The molecule has 4 heteroatoms. The molecule has 3 nitrogen and oxygen atoms in total. The molecule has 23 heavy (non-hydrogen) atoms. The normalized spacial score (nSPS) is 10.1. The van der Waals surface area contributed by atoms with Crippen molar-refractivity contribution in [1.82, 2.24) is 14.8 Å². The summed E-state index contributed by atoms with van der Waals surface area (Å²) in [5, 5.41) is 9.66. The van der Waals surface area contributed by atoms with Gasteiger partial charge in [-0.3, -0.25) is 4.57 Å². The fourth-order valence-electron chi connectivity index (χ4n) is 2.30. The van der Waals surface area contributed by atoms with Crippen LogP contribution >= 0.6 is 11.8 Å². The van der Waals surface area contributed by atoms with E-state index in [0.29, 0.717) is 5.75 Å². The highest BCUT2D eigenvalue weighted by Crippen LogP contribution is 2.23. The van der Waals surface area contributed by atoms with Crippen molar-refractivity contribution in [3.63, 3.8) is 0 Å². The van der Waals surface area contributed by atoms with Crippen molar-refractivity contribution in [2.45, 2.75) is 18.5 Å². The van der Waals surface area contributed by atoms with E-state index in [1.165, 1.54) is 5.56 Å². The van der Waals surface area contributed by atoms with Crippen LogP contribution < -0.4 is 0 Å². The molecule has 2 aromatic carbocycles. The molecule has 0 spiro atoms. The third kappa shape index (κ3) is 3.82. The summed E-state index contributed by atoms with van der Waals surface area (Å²) in [7, 11) is 0. The molecule has 0 aliphatic rings. The number of hydrogen-bond acceptors (Lipinski definition) is 3. The average Bonchev–Trinajstić information content (AvgIpc) is 2.99. The van der Waals surface area contributed by atoms with Crippen LogP contribution in [0.2, 0.25) is 0 Å². The largest absolute Gasteiger partial charge is 0.274 e. The summed E-state index contributed by atoms with van der Waals surface area (Å²) in [6.45, 7) is 1.85. The molecule has 0 fully saturated rings. The maximum absolute atomic E-state index is 4.41. The van der Waals surface area contributed by atoms with E-state index in [2.05, 4.69) is 50.9 Å². The Labute approximate surface area is 140 Å². The van der Waals surface area contributed by atoms with Gasteiger partial charge in [0.1, 0.15) is 5.82 Å². The average molecular weight is 319 g/mol. The van der Waals surface area contributed by atoms with Crippen molar-refractivity contribution in [2.24, 2.45) is 0 Å². The number of benzene rings is 2. The minimum Gasteiger partial charge on any atom is -0.274 e. The zero-order valence-corrected chi connectivity index (χ0v) is 13.8. The first-order valence-corrected chi connectivity index (χ1v) is 8.43. The molecule has 1 aromatic heterocycles. The zero-order valence-electron chi connectivity index (χ0n) is 12.9. The lowest BCUT2D eigenvalue weighted by molar-refractivity contribution is 0.849. The van der Waals surface area contributed by atoms with Crippen molar-refractivity contribution in [1.29, 1.82) is 0 Å². The lowest BCUT2D eigenvalue weighted by atomic mass is 10.1. The van der Waals surface area contributed by atoms with Gasteiger partial charge in [0.2, 0.25) is 0 Å². The van der Waals surface area contributed by atoms with Crippen LogP contribution in [-0.2, 0) is 6.42 Å². The predicted octanol–water partition coefficient (Wildman–Crippen LogP) is 3.97. The summed E-state index contributed by atoms with van der Waals surface area (Å²) >= 11 is 1.61. The second kappa shape index (κ2) is 7.66. The highest BCUT2D eigenvalue weighted by molar-refractivity contribution is 7.99. The first-order valence-electron chi connectivity index (χ1n) is 7.44. The molecule has 1 heterocycles. The van der Waals surface area contributed by atoms with Crippen molar-refractivity contribution in [3.05, 3.63) is 72.1 Å². The summed E-state index contributed by atoms with van der Waals surface area (Å²) < 4.78 is 2.12. The number of rotatable bonds is 5. The van der Waals surface area contributed by atoms with Crippen molar-refractivity contribution in [3.8, 4) is 17.5 Å². The first-order chi connectivity index (χ1) is 11.4. The summed E-state index contributed by atoms with van der Waals surface area (Å²) in [6, 6.07) is 20.6. The fraction of sp³-hybridized carbons (Fsp3) is 0.158. The molecule has 0 saturated heterocycles. The monoisotopic (exact) mass is 319 g/mol. The minimum atomic E-state index is 0.715. The van der Waals surface area contributed by atoms with Crippen LogP contribution in [0.1, 0.15) is 18.3 Å². The minimum absolute atomic E-state index is 0.715. The fourth-order valence-corrected chi connectivity index (χ4v) is 3.08. The van der Waals surface area contributed by atoms with Crippen molar-refractivity contribution >= 4 is 11.8 Å². The van der Waals surface area contributed by atoms with E-state index in [9.17, 15) is 0 Å². The van der Waals surface area contributed by atoms with Gasteiger partial charge in [0.05, 0.1) is 5.75 Å². The van der Waals surface area contributed by atoms with Gasteiger partial charge in [-0.1, -0.05) is 66.2 Å². The van der Waals surface area contributed by atoms with Gasteiger partial charge in [0.15, 0.2) is 5.16 Å². The number of thioether (sulfide) groups is 1. The molecule has 0 aliphatic carbocycles. The summed E-state index contributed by atoms with van der Waals surface area (Å²) in [5.74, 6) is 7.64. The Bertz CT molecular complexity index is 814. The standard InChI is InChI=1S/C19H17N3S/c1-2-3-14-23-19-21-20-18(15-16-10-6-4-7-11-16)22(19)17-12-8-5-9-13-17/h4-13H,14-15H2,1H3. The van der Waals surface area contributed by atoms with Gasteiger partial charge in [-0.15, -0.1) is 16.1 Å². The number of nitrogens with zero attached hydrogens (tertiary/aromatic N) is 3. The van der Waals surface area contributed by atoms with E-state index in [-0.39, 0.29) is 0 Å². The van der Waals surface area contributed by atoms with E-state index in [0.717, 1.165) is 23.1 Å². The Morgan fingerprint density at radius 3 is 2.35 bits per heavy atom. The summed E-state index contributed by atoms with van der Waals surface area (Å²) in [6.07, 6.45) is 0.753. The van der Waals surface area contributed by atoms with Crippen LogP contribution in [0.5, 0.6) is 0 Å². The molecule has 3 rings (SSSR count). The molecule has 0 atom stereocenters. The van der Waals surface area contributed by atoms with Gasteiger partial charge in [-0.25, -0.2) is 0 Å². The van der Waals surface area contributed by atoms with E-state index >= 15 is 0 Å². The molecule has 114 valence electrons. The van der Waals surface area contributed by atoms with Crippen LogP contribution in [0.15, 0.2) is 65.8 Å². The van der Waals surface area contributed by atoms with Gasteiger partial charge in [0.25, 0.3) is 0 Å². The molecule has 0 N–H and O–H groups in total. The highest BCUT2D eigenvalue weighted by Gasteiger charge is 2.14. The van der Waals surface area contributed by atoms with Gasteiger partial charge in [-0.05, 0) is 24.6 Å². The van der Waals surface area contributed by atoms with Gasteiger partial charge in [0, 0.05) is 12.1 Å². The molecule has 0 amide bonds. The lowest BCUT2D eigenvalue weighted by Gasteiger charge is -2.09. The summed E-state index contributed by atoms with van der Waals surface area (Å²) in [4.78, 5) is 0. The molecule has 0 unspecified atom stereocenters. The van der Waals surface area contributed by atoms with E-state index in [1.807, 2.05) is 43.3 Å².